The highest BCUT2D eigenvalue weighted by Crippen LogP contribution is 2.31. The lowest BCUT2D eigenvalue weighted by atomic mass is 10.3. The molecule has 7 nitrogen and oxygen atoms in total. The van der Waals surface area contributed by atoms with Gasteiger partial charge in [0.15, 0.2) is 11.5 Å². The minimum atomic E-state index is 0.0126. The van der Waals surface area contributed by atoms with Crippen molar-refractivity contribution >= 4 is 39.0 Å². The lowest BCUT2D eigenvalue weighted by Crippen LogP contribution is -2.13. The summed E-state index contributed by atoms with van der Waals surface area (Å²) < 4.78 is 8.11. The number of carbonyl (C=O) groups excluding carboxylic acids is 1. The first kappa shape index (κ1) is 14.9. The second-order valence-corrected chi connectivity index (χ2v) is 6.51. The molecule has 2 aromatic heterocycles. The zero-order valence-corrected chi connectivity index (χ0v) is 14.2. The lowest BCUT2D eigenvalue weighted by molar-refractivity contribution is -0.117. The van der Waals surface area contributed by atoms with Crippen molar-refractivity contribution in [3.63, 3.8) is 0 Å². The zero-order valence-electron chi connectivity index (χ0n) is 12.6. The fraction of sp³-hybridized carbons (Fsp3) is 0.188. The Morgan fingerprint density at radius 2 is 2.17 bits per heavy atom. The number of nitrogens with zero attached hydrogens (tertiary/aromatic N) is 3. The van der Waals surface area contributed by atoms with Crippen LogP contribution in [0.5, 0.6) is 11.6 Å². The average Bonchev–Trinajstić information content (AvgIpc) is 3.32. The predicted molar refractivity (Wildman–Crippen MR) is 93.0 cm³/mol. The molecule has 8 heteroatoms. The van der Waals surface area contributed by atoms with Crippen LogP contribution < -0.4 is 15.8 Å². The van der Waals surface area contributed by atoms with Gasteiger partial charge in [0.25, 0.3) is 0 Å². The Hall–Kier alpha value is -2.61. The van der Waals surface area contributed by atoms with Crippen LogP contribution >= 0.6 is 15.9 Å². The maximum atomic E-state index is 11.8. The van der Waals surface area contributed by atoms with Crippen LogP contribution in [0.15, 0.2) is 41.0 Å². The van der Waals surface area contributed by atoms with Crippen molar-refractivity contribution in [2.75, 3.05) is 11.1 Å². The molecule has 2 heterocycles. The molecule has 0 bridgehead atoms. The van der Waals surface area contributed by atoms with Gasteiger partial charge in [-0.25, -0.2) is 9.50 Å². The van der Waals surface area contributed by atoms with E-state index >= 15 is 0 Å². The number of aromatic nitrogens is 3. The van der Waals surface area contributed by atoms with E-state index in [0.29, 0.717) is 28.8 Å². The summed E-state index contributed by atoms with van der Waals surface area (Å²) >= 11 is 3.41. The SMILES string of the molecule is Nc1ccc(Br)c(Oc2ccc3nc(NC(=O)C4CC4)cn3n2)c1. The third-order valence-corrected chi connectivity index (χ3v) is 4.32. The summed E-state index contributed by atoms with van der Waals surface area (Å²) in [6, 6.07) is 8.79. The van der Waals surface area contributed by atoms with E-state index in [1.54, 1.807) is 35.0 Å². The number of nitrogens with one attached hydrogen (secondary N) is 1. The number of halogens is 1. The highest BCUT2D eigenvalue weighted by atomic mass is 79.9. The largest absolute Gasteiger partial charge is 0.436 e. The Kier molecular flexibility index (Phi) is 3.61. The average molecular weight is 388 g/mol. The van der Waals surface area contributed by atoms with Crippen molar-refractivity contribution in [3.05, 3.63) is 41.0 Å². The highest BCUT2D eigenvalue weighted by molar-refractivity contribution is 9.10. The van der Waals surface area contributed by atoms with Crippen molar-refractivity contribution in [3.8, 4) is 11.6 Å². The second kappa shape index (κ2) is 5.79. The van der Waals surface area contributed by atoms with Gasteiger partial charge in [-0.2, -0.15) is 0 Å². The summed E-state index contributed by atoms with van der Waals surface area (Å²) in [7, 11) is 0. The smallest absolute Gasteiger partial charge is 0.237 e. The number of hydrogen-bond acceptors (Lipinski definition) is 5. The summed E-state index contributed by atoms with van der Waals surface area (Å²) in [5.41, 5.74) is 7.00. The molecule has 1 saturated carbocycles. The van der Waals surface area contributed by atoms with Gasteiger partial charge in [-0.1, -0.05) is 0 Å². The Bertz CT molecular complexity index is 935. The molecule has 0 atom stereocenters. The Morgan fingerprint density at radius 1 is 1.33 bits per heavy atom. The number of carbonyl (C=O) groups is 1. The molecule has 0 aliphatic heterocycles. The molecule has 122 valence electrons. The maximum absolute atomic E-state index is 11.8. The van der Waals surface area contributed by atoms with E-state index < -0.39 is 0 Å². The number of amides is 1. The number of fused-ring (bicyclic) bond motifs is 1. The number of rotatable bonds is 4. The number of nitrogen functional groups attached to an aromatic ring is 1. The summed E-state index contributed by atoms with van der Waals surface area (Å²) in [5.74, 6) is 1.60. The fourth-order valence-electron chi connectivity index (χ4n) is 2.26. The monoisotopic (exact) mass is 387 g/mol. The van der Waals surface area contributed by atoms with Crippen LogP contribution in [0.4, 0.5) is 11.5 Å². The fourth-order valence-corrected chi connectivity index (χ4v) is 2.59. The Balaban J connectivity index is 1.58. The first-order valence-electron chi connectivity index (χ1n) is 7.49. The summed E-state index contributed by atoms with van der Waals surface area (Å²) in [5, 5.41) is 7.15. The number of anilines is 2. The molecule has 3 aromatic rings. The normalized spacial score (nSPS) is 13.9. The molecule has 1 aliphatic rings. The van der Waals surface area contributed by atoms with E-state index in [4.69, 9.17) is 10.5 Å². The molecule has 1 aliphatic carbocycles. The minimum Gasteiger partial charge on any atom is -0.436 e. The lowest BCUT2D eigenvalue weighted by Gasteiger charge is -2.07. The van der Waals surface area contributed by atoms with Crippen molar-refractivity contribution in [1.82, 2.24) is 14.6 Å². The molecule has 1 aromatic carbocycles. The molecule has 0 radical (unpaired) electrons. The topological polar surface area (TPSA) is 94.5 Å². The van der Waals surface area contributed by atoms with E-state index in [0.717, 1.165) is 17.3 Å². The summed E-state index contributed by atoms with van der Waals surface area (Å²) in [6.45, 7) is 0. The van der Waals surface area contributed by atoms with E-state index in [1.807, 2.05) is 6.07 Å². The Morgan fingerprint density at radius 3 is 2.96 bits per heavy atom. The molecule has 0 unspecified atom stereocenters. The summed E-state index contributed by atoms with van der Waals surface area (Å²) in [4.78, 5) is 16.1. The van der Waals surface area contributed by atoms with Gasteiger partial charge in [0.2, 0.25) is 11.8 Å². The van der Waals surface area contributed by atoms with Gasteiger partial charge in [0.05, 0.1) is 10.7 Å². The molecule has 0 spiro atoms. The van der Waals surface area contributed by atoms with E-state index in [9.17, 15) is 4.79 Å². The van der Waals surface area contributed by atoms with Gasteiger partial charge in [-0.3, -0.25) is 4.79 Å². The minimum absolute atomic E-state index is 0.0126. The second-order valence-electron chi connectivity index (χ2n) is 5.66. The predicted octanol–water partition coefficient (Wildman–Crippen LogP) is 3.21. The molecule has 4 rings (SSSR count). The van der Waals surface area contributed by atoms with Crippen molar-refractivity contribution in [2.45, 2.75) is 12.8 Å². The molecule has 0 saturated heterocycles. The molecule has 1 amide bonds. The number of hydrogen-bond donors (Lipinski definition) is 2. The number of imidazole rings is 1. The number of nitrogens with two attached hydrogens (primary N) is 1. The molecule has 3 N–H and O–H groups in total. The quantitative estimate of drug-likeness (QED) is 0.670. The number of ether oxygens (including phenoxy) is 1. The third kappa shape index (κ3) is 3.05. The Labute approximate surface area is 146 Å². The van der Waals surface area contributed by atoms with Crippen molar-refractivity contribution < 1.29 is 9.53 Å². The standard InChI is InChI=1S/C16H14BrN5O2/c17-11-4-3-10(18)7-12(11)24-15-6-5-14-19-13(8-22(14)21-15)20-16(23)9-1-2-9/h3-9H,1-2,18H2,(H,20,23). The van der Waals surface area contributed by atoms with Gasteiger partial charge in [0, 0.05) is 23.7 Å². The van der Waals surface area contributed by atoms with Crippen LogP contribution in [0.25, 0.3) is 5.65 Å². The van der Waals surface area contributed by atoms with E-state index in [1.165, 1.54) is 0 Å². The van der Waals surface area contributed by atoms with Gasteiger partial charge in [-0.15, -0.1) is 5.10 Å². The number of benzene rings is 1. The molecule has 24 heavy (non-hydrogen) atoms. The van der Waals surface area contributed by atoms with Gasteiger partial charge < -0.3 is 15.8 Å². The van der Waals surface area contributed by atoms with Crippen LogP contribution in [0, 0.1) is 5.92 Å². The van der Waals surface area contributed by atoms with Crippen molar-refractivity contribution in [1.29, 1.82) is 0 Å². The van der Waals surface area contributed by atoms with E-state index in [-0.39, 0.29) is 11.8 Å². The van der Waals surface area contributed by atoms with Crippen molar-refractivity contribution in [2.24, 2.45) is 5.92 Å². The zero-order chi connectivity index (χ0) is 16.7. The molecule has 1 fully saturated rings. The van der Waals surface area contributed by atoms with Crippen LogP contribution in [0.1, 0.15) is 12.8 Å². The van der Waals surface area contributed by atoms with Crippen LogP contribution in [0.2, 0.25) is 0 Å². The highest BCUT2D eigenvalue weighted by Gasteiger charge is 2.30. The van der Waals surface area contributed by atoms with E-state index in [2.05, 4.69) is 31.3 Å². The maximum Gasteiger partial charge on any atom is 0.237 e. The molecular formula is C16H14BrN5O2. The van der Waals surface area contributed by atoms with Crippen LogP contribution in [-0.4, -0.2) is 20.5 Å². The molecular weight excluding hydrogens is 374 g/mol. The first-order chi connectivity index (χ1) is 11.6. The van der Waals surface area contributed by atoms with Gasteiger partial charge in [-0.05, 0) is 47.0 Å². The van der Waals surface area contributed by atoms with Gasteiger partial charge in [0.1, 0.15) is 5.75 Å². The van der Waals surface area contributed by atoms with Crippen LogP contribution in [0.3, 0.4) is 0 Å². The van der Waals surface area contributed by atoms with Gasteiger partial charge >= 0.3 is 0 Å². The third-order valence-electron chi connectivity index (χ3n) is 3.66. The first-order valence-corrected chi connectivity index (χ1v) is 8.28. The summed E-state index contributed by atoms with van der Waals surface area (Å²) in [6.07, 6.45) is 3.56. The van der Waals surface area contributed by atoms with Crippen LogP contribution in [-0.2, 0) is 4.79 Å².